The summed E-state index contributed by atoms with van der Waals surface area (Å²) in [7, 11) is -4.20. The van der Waals surface area contributed by atoms with Crippen molar-refractivity contribution in [1.82, 2.24) is 10.3 Å². The SMILES string of the molecule is O=S(=O)(O)c1ccc2c(c1)CC[C@@H](CNCC(O)c1cccnc1)O2. The van der Waals surface area contributed by atoms with E-state index in [0.29, 0.717) is 25.3 Å². The maximum absolute atomic E-state index is 11.2. The number of aliphatic hydroxyl groups is 1. The van der Waals surface area contributed by atoms with Crippen LogP contribution in [0.1, 0.15) is 23.7 Å². The number of rotatable bonds is 6. The van der Waals surface area contributed by atoms with E-state index in [4.69, 9.17) is 9.29 Å². The molecule has 0 saturated heterocycles. The summed E-state index contributed by atoms with van der Waals surface area (Å²) in [6, 6.07) is 7.94. The number of aromatic nitrogens is 1. The van der Waals surface area contributed by atoms with Crippen molar-refractivity contribution in [3.63, 3.8) is 0 Å². The lowest BCUT2D eigenvalue weighted by molar-refractivity contribution is 0.146. The van der Waals surface area contributed by atoms with Gasteiger partial charge in [-0.05, 0) is 42.7 Å². The van der Waals surface area contributed by atoms with Crippen LogP contribution in [-0.2, 0) is 16.5 Å². The molecule has 3 rings (SSSR count). The molecule has 3 N–H and O–H groups in total. The van der Waals surface area contributed by atoms with Crippen LogP contribution in [0.2, 0.25) is 0 Å². The number of nitrogens with one attached hydrogen (secondary N) is 1. The van der Waals surface area contributed by atoms with Gasteiger partial charge in [-0.25, -0.2) is 0 Å². The fourth-order valence-corrected chi connectivity index (χ4v) is 3.33. The Labute approximate surface area is 146 Å². The first-order valence-corrected chi connectivity index (χ1v) is 9.43. The lowest BCUT2D eigenvalue weighted by Crippen LogP contribution is -2.36. The van der Waals surface area contributed by atoms with Crippen LogP contribution in [0.15, 0.2) is 47.6 Å². The molecule has 0 spiro atoms. The molecule has 2 atom stereocenters. The third-order valence-corrected chi connectivity index (χ3v) is 4.99. The Kier molecular flexibility index (Phi) is 5.33. The van der Waals surface area contributed by atoms with Gasteiger partial charge in [0.05, 0.1) is 11.0 Å². The minimum Gasteiger partial charge on any atom is -0.489 e. The Hall–Kier alpha value is -2.00. The second-order valence-corrected chi connectivity index (χ2v) is 7.41. The van der Waals surface area contributed by atoms with Crippen LogP contribution in [-0.4, -0.2) is 42.3 Å². The normalized spacial score (nSPS) is 18.2. The van der Waals surface area contributed by atoms with Crippen molar-refractivity contribution >= 4 is 10.1 Å². The van der Waals surface area contributed by atoms with Crippen LogP contribution in [0.25, 0.3) is 0 Å². The van der Waals surface area contributed by atoms with Gasteiger partial charge in [-0.2, -0.15) is 8.42 Å². The number of benzene rings is 1. The van der Waals surface area contributed by atoms with Crippen molar-refractivity contribution in [2.75, 3.05) is 13.1 Å². The Balaban J connectivity index is 1.53. The summed E-state index contributed by atoms with van der Waals surface area (Å²) in [4.78, 5) is 3.86. The second kappa shape index (κ2) is 7.49. The Bertz CT molecular complexity index is 826. The quantitative estimate of drug-likeness (QED) is 0.664. The van der Waals surface area contributed by atoms with Gasteiger partial charge in [-0.1, -0.05) is 6.07 Å². The zero-order valence-electron chi connectivity index (χ0n) is 13.5. The summed E-state index contributed by atoms with van der Waals surface area (Å²) in [6.45, 7) is 0.955. The predicted octanol–water partition coefficient (Wildman–Crippen LogP) is 1.35. The van der Waals surface area contributed by atoms with Gasteiger partial charge >= 0.3 is 0 Å². The Morgan fingerprint density at radius 3 is 2.92 bits per heavy atom. The van der Waals surface area contributed by atoms with Gasteiger partial charge in [0.2, 0.25) is 0 Å². The zero-order valence-corrected chi connectivity index (χ0v) is 14.3. The third-order valence-electron chi connectivity index (χ3n) is 4.14. The summed E-state index contributed by atoms with van der Waals surface area (Å²) < 4.78 is 37.3. The summed E-state index contributed by atoms with van der Waals surface area (Å²) in [5.41, 5.74) is 1.52. The fourth-order valence-electron chi connectivity index (χ4n) is 2.80. The number of fused-ring (bicyclic) bond motifs is 1. The van der Waals surface area contributed by atoms with Gasteiger partial charge in [0.1, 0.15) is 11.9 Å². The van der Waals surface area contributed by atoms with Gasteiger partial charge in [0, 0.05) is 31.0 Å². The number of aryl methyl sites for hydroxylation is 1. The summed E-state index contributed by atoms with van der Waals surface area (Å²) in [6.07, 6.45) is 3.97. The molecule has 0 bridgehead atoms. The Morgan fingerprint density at radius 2 is 2.20 bits per heavy atom. The zero-order chi connectivity index (χ0) is 17.9. The molecule has 2 aromatic rings. The molecule has 25 heavy (non-hydrogen) atoms. The third kappa shape index (κ3) is 4.55. The largest absolute Gasteiger partial charge is 0.489 e. The number of hydrogen-bond acceptors (Lipinski definition) is 6. The van der Waals surface area contributed by atoms with Crippen LogP contribution >= 0.6 is 0 Å². The molecule has 0 aliphatic carbocycles. The first-order valence-electron chi connectivity index (χ1n) is 7.99. The topological polar surface area (TPSA) is 109 Å². The average molecular weight is 364 g/mol. The molecule has 1 aromatic heterocycles. The standard InChI is InChI=1S/C17H20N2O5S/c20-16(13-2-1-7-18-9-13)11-19-10-14-4-3-12-8-15(25(21,22)23)5-6-17(12)24-14/h1-2,5-9,14,16,19-20H,3-4,10-11H2,(H,21,22,23)/t14-,16?/m0/s1. The second-order valence-electron chi connectivity index (χ2n) is 5.98. The van der Waals surface area contributed by atoms with Crippen LogP contribution in [0.5, 0.6) is 5.75 Å². The van der Waals surface area contributed by atoms with Crippen molar-refractivity contribution in [2.45, 2.75) is 29.9 Å². The summed E-state index contributed by atoms with van der Waals surface area (Å²) in [5, 5.41) is 13.3. The number of aliphatic hydroxyl groups excluding tert-OH is 1. The van der Waals surface area contributed by atoms with E-state index in [1.54, 1.807) is 24.5 Å². The first kappa shape index (κ1) is 17.8. The first-order chi connectivity index (χ1) is 11.9. The molecule has 0 amide bonds. The molecule has 2 heterocycles. The van der Waals surface area contributed by atoms with Gasteiger partial charge in [0.15, 0.2) is 0 Å². The Morgan fingerprint density at radius 1 is 1.36 bits per heavy atom. The number of hydrogen-bond donors (Lipinski definition) is 3. The van der Waals surface area contributed by atoms with E-state index in [1.807, 2.05) is 6.07 Å². The molecular formula is C17H20N2O5S. The van der Waals surface area contributed by atoms with Crippen molar-refractivity contribution in [1.29, 1.82) is 0 Å². The molecule has 8 heteroatoms. The van der Waals surface area contributed by atoms with Crippen LogP contribution in [0.4, 0.5) is 0 Å². The van der Waals surface area contributed by atoms with Gasteiger partial charge in [-0.3, -0.25) is 9.54 Å². The smallest absolute Gasteiger partial charge is 0.294 e. The maximum atomic E-state index is 11.2. The summed E-state index contributed by atoms with van der Waals surface area (Å²) >= 11 is 0. The van der Waals surface area contributed by atoms with E-state index in [9.17, 15) is 13.5 Å². The lowest BCUT2D eigenvalue weighted by Gasteiger charge is -2.27. The van der Waals surface area contributed by atoms with Crippen LogP contribution in [0, 0.1) is 0 Å². The van der Waals surface area contributed by atoms with E-state index >= 15 is 0 Å². The molecular weight excluding hydrogens is 344 g/mol. The van der Waals surface area contributed by atoms with E-state index in [0.717, 1.165) is 17.5 Å². The van der Waals surface area contributed by atoms with Gasteiger partial charge in [-0.15, -0.1) is 0 Å². The molecule has 1 aromatic carbocycles. The van der Waals surface area contributed by atoms with E-state index < -0.39 is 16.2 Å². The molecule has 0 radical (unpaired) electrons. The molecule has 1 unspecified atom stereocenters. The number of ether oxygens (including phenoxy) is 1. The number of nitrogens with zero attached hydrogens (tertiary/aromatic N) is 1. The van der Waals surface area contributed by atoms with Crippen molar-refractivity contribution in [3.8, 4) is 5.75 Å². The highest BCUT2D eigenvalue weighted by molar-refractivity contribution is 7.85. The monoisotopic (exact) mass is 364 g/mol. The van der Waals surface area contributed by atoms with Crippen LogP contribution < -0.4 is 10.1 Å². The molecule has 134 valence electrons. The highest BCUT2D eigenvalue weighted by atomic mass is 32.2. The van der Waals surface area contributed by atoms with Crippen molar-refractivity contribution in [2.24, 2.45) is 0 Å². The summed E-state index contributed by atoms with van der Waals surface area (Å²) in [5.74, 6) is 0.623. The van der Waals surface area contributed by atoms with E-state index in [2.05, 4.69) is 10.3 Å². The van der Waals surface area contributed by atoms with Crippen LogP contribution in [0.3, 0.4) is 0 Å². The molecule has 1 aliphatic rings. The lowest BCUT2D eigenvalue weighted by atomic mass is 10.0. The van der Waals surface area contributed by atoms with Gasteiger partial charge < -0.3 is 15.2 Å². The minimum absolute atomic E-state index is 0.0646. The highest BCUT2D eigenvalue weighted by Gasteiger charge is 2.22. The van der Waals surface area contributed by atoms with Gasteiger partial charge in [0.25, 0.3) is 10.1 Å². The highest BCUT2D eigenvalue weighted by Crippen LogP contribution is 2.29. The average Bonchev–Trinajstić information content (AvgIpc) is 2.61. The van der Waals surface area contributed by atoms with Crippen molar-refractivity contribution < 1.29 is 22.8 Å². The molecule has 0 fully saturated rings. The molecule has 0 saturated carbocycles. The van der Waals surface area contributed by atoms with Crippen molar-refractivity contribution in [3.05, 3.63) is 53.9 Å². The van der Waals surface area contributed by atoms with E-state index in [1.165, 1.54) is 12.1 Å². The predicted molar refractivity (Wildman–Crippen MR) is 91.1 cm³/mol. The molecule has 7 nitrogen and oxygen atoms in total. The van der Waals surface area contributed by atoms with E-state index in [-0.39, 0.29) is 11.0 Å². The fraction of sp³-hybridized carbons (Fsp3) is 0.353. The maximum Gasteiger partial charge on any atom is 0.294 e. The molecule has 1 aliphatic heterocycles. The number of pyridine rings is 1. The minimum atomic E-state index is -4.20.